The van der Waals surface area contributed by atoms with Gasteiger partial charge in [0.15, 0.2) is 0 Å². The molecular formula is C8H4Cl2N2O2. The van der Waals surface area contributed by atoms with Gasteiger partial charge in [0.05, 0.1) is 22.2 Å². The van der Waals surface area contributed by atoms with Gasteiger partial charge in [-0.25, -0.2) is 0 Å². The number of rotatable bonds is 2. The van der Waals surface area contributed by atoms with Crippen molar-refractivity contribution in [1.29, 1.82) is 5.26 Å². The van der Waals surface area contributed by atoms with E-state index in [1.807, 2.05) is 0 Å². The summed E-state index contributed by atoms with van der Waals surface area (Å²) in [7, 11) is 0. The Morgan fingerprint density at radius 3 is 2.93 bits per heavy atom. The number of halogens is 2. The van der Waals surface area contributed by atoms with Crippen LogP contribution in [0.15, 0.2) is 12.3 Å². The molecule has 0 unspecified atom stereocenters. The monoisotopic (exact) mass is 230 g/mol. The van der Waals surface area contributed by atoms with Gasteiger partial charge >= 0.3 is 5.97 Å². The van der Waals surface area contributed by atoms with Crippen molar-refractivity contribution >= 4 is 29.2 Å². The highest BCUT2D eigenvalue weighted by atomic mass is 35.5. The van der Waals surface area contributed by atoms with Crippen LogP contribution in [0.1, 0.15) is 5.69 Å². The third-order valence-corrected chi connectivity index (χ3v) is 1.89. The molecule has 0 aliphatic heterocycles. The lowest BCUT2D eigenvalue weighted by atomic mass is 10.3. The minimum atomic E-state index is -0.704. The second-order valence-electron chi connectivity index (χ2n) is 2.32. The maximum absolute atomic E-state index is 10.9. The van der Waals surface area contributed by atoms with E-state index in [1.165, 1.54) is 18.5 Å². The third kappa shape index (κ3) is 2.87. The predicted octanol–water partition coefficient (Wildman–Crippen LogP) is 1.96. The summed E-state index contributed by atoms with van der Waals surface area (Å²) in [6.07, 6.45) is 2.49. The van der Waals surface area contributed by atoms with Gasteiger partial charge in [0.1, 0.15) is 0 Å². The third-order valence-electron chi connectivity index (χ3n) is 1.36. The van der Waals surface area contributed by atoms with Crippen LogP contribution in [0, 0.1) is 11.5 Å². The number of carbonyl (C=O) groups is 1. The van der Waals surface area contributed by atoms with Gasteiger partial charge in [-0.3, -0.25) is 9.78 Å². The van der Waals surface area contributed by atoms with Crippen LogP contribution in [-0.2, 0) is 16.0 Å². The summed E-state index contributed by atoms with van der Waals surface area (Å²) in [4.78, 5) is 14.7. The number of aromatic nitrogens is 1. The van der Waals surface area contributed by atoms with E-state index in [0.717, 1.165) is 0 Å². The van der Waals surface area contributed by atoms with Crippen LogP contribution >= 0.6 is 23.2 Å². The molecule has 1 heterocycles. The van der Waals surface area contributed by atoms with Crippen molar-refractivity contribution < 1.29 is 9.53 Å². The fraction of sp³-hybridized carbons (Fsp3) is 0.125. The zero-order valence-corrected chi connectivity index (χ0v) is 8.34. The molecule has 0 bridgehead atoms. The Labute approximate surface area is 90.0 Å². The molecule has 14 heavy (non-hydrogen) atoms. The minimum Gasteiger partial charge on any atom is -0.351 e. The number of nitriles is 1. The predicted molar refractivity (Wildman–Crippen MR) is 49.7 cm³/mol. The summed E-state index contributed by atoms with van der Waals surface area (Å²) in [5.41, 5.74) is 0.330. The van der Waals surface area contributed by atoms with Crippen molar-refractivity contribution in [2.75, 3.05) is 0 Å². The first-order chi connectivity index (χ1) is 6.63. The van der Waals surface area contributed by atoms with E-state index in [4.69, 9.17) is 28.5 Å². The van der Waals surface area contributed by atoms with E-state index in [1.54, 1.807) is 0 Å². The van der Waals surface area contributed by atoms with Gasteiger partial charge < -0.3 is 4.74 Å². The molecule has 0 fully saturated rings. The molecule has 1 aromatic rings. The van der Waals surface area contributed by atoms with Crippen LogP contribution in [0.25, 0.3) is 0 Å². The molecule has 0 radical (unpaired) electrons. The number of esters is 1. The van der Waals surface area contributed by atoms with Crippen molar-refractivity contribution in [3.05, 3.63) is 28.0 Å². The average Bonchev–Trinajstić information content (AvgIpc) is 2.10. The van der Waals surface area contributed by atoms with Crippen molar-refractivity contribution in [3.63, 3.8) is 0 Å². The SMILES string of the molecule is N#COC(=O)Cc1ncc(Cl)cc1Cl. The summed E-state index contributed by atoms with van der Waals surface area (Å²) in [5.74, 6) is -0.704. The number of pyridine rings is 1. The molecule has 0 aromatic carbocycles. The van der Waals surface area contributed by atoms with E-state index in [9.17, 15) is 4.79 Å². The topological polar surface area (TPSA) is 63.0 Å². The molecule has 0 N–H and O–H groups in total. The quantitative estimate of drug-likeness (QED) is 0.576. The Hall–Kier alpha value is -1.31. The summed E-state index contributed by atoms with van der Waals surface area (Å²) in [6, 6.07) is 1.46. The van der Waals surface area contributed by atoms with E-state index in [0.29, 0.717) is 10.7 Å². The standard InChI is InChI=1S/C8H4Cl2N2O2/c9-5-1-6(10)7(12-3-5)2-8(13)14-4-11/h1,3H,2H2. The molecule has 0 aliphatic rings. The molecule has 4 nitrogen and oxygen atoms in total. The molecule has 0 amide bonds. The van der Waals surface area contributed by atoms with Gasteiger partial charge in [-0.05, 0) is 6.07 Å². The zero-order chi connectivity index (χ0) is 10.6. The largest absolute Gasteiger partial charge is 0.351 e. The molecule has 0 aliphatic carbocycles. The first-order valence-electron chi connectivity index (χ1n) is 3.52. The molecule has 1 aromatic heterocycles. The van der Waals surface area contributed by atoms with Gasteiger partial charge in [0.2, 0.25) is 0 Å². The van der Waals surface area contributed by atoms with Crippen molar-refractivity contribution in [2.45, 2.75) is 6.42 Å². The highest BCUT2D eigenvalue weighted by Gasteiger charge is 2.09. The molecule has 0 saturated heterocycles. The second kappa shape index (κ2) is 4.80. The maximum atomic E-state index is 10.9. The van der Waals surface area contributed by atoms with E-state index >= 15 is 0 Å². The van der Waals surface area contributed by atoms with Gasteiger partial charge in [0, 0.05) is 6.20 Å². The Balaban J connectivity index is 2.78. The van der Waals surface area contributed by atoms with Gasteiger partial charge in [0.25, 0.3) is 6.26 Å². The Morgan fingerprint density at radius 1 is 1.64 bits per heavy atom. The lowest BCUT2D eigenvalue weighted by molar-refractivity contribution is -0.136. The lowest BCUT2D eigenvalue weighted by Crippen LogP contribution is -2.06. The van der Waals surface area contributed by atoms with Crippen LogP contribution in [0.4, 0.5) is 0 Å². The fourth-order valence-corrected chi connectivity index (χ4v) is 1.24. The summed E-state index contributed by atoms with van der Waals surface area (Å²) < 4.78 is 4.07. The number of hydrogen-bond donors (Lipinski definition) is 0. The van der Waals surface area contributed by atoms with Gasteiger partial charge in [-0.15, -0.1) is 5.26 Å². The van der Waals surface area contributed by atoms with Gasteiger partial charge in [-0.1, -0.05) is 23.2 Å². The Bertz CT molecular complexity index is 401. The molecule has 1 rings (SSSR count). The molecule has 6 heteroatoms. The first-order valence-corrected chi connectivity index (χ1v) is 4.27. The fourth-order valence-electron chi connectivity index (χ4n) is 0.797. The van der Waals surface area contributed by atoms with E-state index in [2.05, 4.69) is 9.72 Å². The van der Waals surface area contributed by atoms with Crippen molar-refractivity contribution in [1.82, 2.24) is 4.98 Å². The number of nitrogens with zero attached hydrogens (tertiary/aromatic N) is 2. The van der Waals surface area contributed by atoms with Crippen LogP contribution < -0.4 is 0 Å². The molecule has 0 atom stereocenters. The highest BCUT2D eigenvalue weighted by Crippen LogP contribution is 2.18. The molecular weight excluding hydrogens is 227 g/mol. The number of carbonyl (C=O) groups excluding carboxylic acids is 1. The maximum Gasteiger partial charge on any atom is 0.327 e. The van der Waals surface area contributed by atoms with Crippen LogP contribution in [-0.4, -0.2) is 11.0 Å². The molecule has 0 spiro atoms. The zero-order valence-electron chi connectivity index (χ0n) is 6.83. The van der Waals surface area contributed by atoms with E-state index < -0.39 is 5.97 Å². The summed E-state index contributed by atoms with van der Waals surface area (Å²) in [5, 5.41) is 8.71. The Morgan fingerprint density at radius 2 is 2.36 bits per heavy atom. The highest BCUT2D eigenvalue weighted by molar-refractivity contribution is 6.34. The lowest BCUT2D eigenvalue weighted by Gasteiger charge is -2.00. The average molecular weight is 231 g/mol. The molecule has 72 valence electrons. The smallest absolute Gasteiger partial charge is 0.327 e. The van der Waals surface area contributed by atoms with Crippen molar-refractivity contribution in [2.24, 2.45) is 0 Å². The Kier molecular flexibility index (Phi) is 3.69. The summed E-state index contributed by atoms with van der Waals surface area (Å²) >= 11 is 11.3. The van der Waals surface area contributed by atoms with Gasteiger partial charge in [-0.2, -0.15) is 0 Å². The van der Waals surface area contributed by atoms with Crippen LogP contribution in [0.5, 0.6) is 0 Å². The van der Waals surface area contributed by atoms with Crippen molar-refractivity contribution in [3.8, 4) is 6.26 Å². The van der Waals surface area contributed by atoms with Crippen LogP contribution in [0.2, 0.25) is 10.0 Å². The number of ether oxygens (including phenoxy) is 1. The molecule has 0 saturated carbocycles. The minimum absolute atomic E-state index is 0.149. The normalized spacial score (nSPS) is 9.21. The summed E-state index contributed by atoms with van der Waals surface area (Å²) in [6.45, 7) is 0. The first kappa shape index (κ1) is 10.8. The second-order valence-corrected chi connectivity index (χ2v) is 3.17. The van der Waals surface area contributed by atoms with E-state index in [-0.39, 0.29) is 11.4 Å². The van der Waals surface area contributed by atoms with Crippen LogP contribution in [0.3, 0.4) is 0 Å². The number of hydrogen-bond acceptors (Lipinski definition) is 4.